The molecule has 0 saturated carbocycles. The van der Waals surface area contributed by atoms with E-state index in [-0.39, 0.29) is 12.6 Å². The highest BCUT2D eigenvalue weighted by Gasteiger charge is 2.33. The Bertz CT molecular complexity index is 196. The molecule has 12 heavy (non-hydrogen) atoms. The lowest BCUT2D eigenvalue weighted by atomic mass is 9.95. The molecule has 0 heterocycles. The summed E-state index contributed by atoms with van der Waals surface area (Å²) in [5.74, 6) is -6.85. The lowest BCUT2D eigenvalue weighted by molar-refractivity contribution is -0.156. The molecule has 0 aliphatic rings. The topological polar surface area (TPSA) is 109 Å². The van der Waals surface area contributed by atoms with Crippen LogP contribution >= 0.6 is 0 Å². The van der Waals surface area contributed by atoms with E-state index in [4.69, 9.17) is 10.2 Å². The molecule has 0 spiro atoms. The third-order valence-corrected chi connectivity index (χ3v) is 1.25. The summed E-state index contributed by atoms with van der Waals surface area (Å²) in [5.41, 5.74) is 0. The highest BCUT2D eigenvalue weighted by atomic mass is 16.4. The summed E-state index contributed by atoms with van der Waals surface area (Å²) in [5, 5.41) is 16.5. The first-order valence-corrected chi connectivity index (χ1v) is 2.90. The molecule has 0 saturated heterocycles. The number of carbonyl (C=O) groups is 4. The van der Waals surface area contributed by atoms with Gasteiger partial charge in [0.15, 0.2) is 0 Å². The molecule has 0 aliphatic heterocycles. The van der Waals surface area contributed by atoms with E-state index in [0.717, 1.165) is 0 Å². The van der Waals surface area contributed by atoms with Crippen molar-refractivity contribution in [3.05, 3.63) is 0 Å². The molecule has 0 bridgehead atoms. The summed E-state index contributed by atoms with van der Waals surface area (Å²) in [6.07, 6.45) is -0.148. The Morgan fingerprint density at radius 2 is 1.17 bits per heavy atom. The maximum absolute atomic E-state index is 10.2. The predicted octanol–water partition coefficient (Wildman–Crippen LogP) is -1.21. The molecule has 2 unspecified atom stereocenters. The van der Waals surface area contributed by atoms with E-state index in [9.17, 15) is 19.2 Å². The first-order valence-electron chi connectivity index (χ1n) is 2.90. The van der Waals surface area contributed by atoms with Gasteiger partial charge in [-0.1, -0.05) is 0 Å². The second kappa shape index (κ2) is 4.22. The quantitative estimate of drug-likeness (QED) is 0.399. The molecule has 6 heteroatoms. The number of aliphatic carboxylic acids is 2. The van der Waals surface area contributed by atoms with Gasteiger partial charge in [-0.15, -0.1) is 0 Å². The average Bonchev–Trinajstić information content (AvgIpc) is 1.98. The van der Waals surface area contributed by atoms with Gasteiger partial charge in [-0.25, -0.2) is 0 Å². The molecule has 6 nitrogen and oxygen atoms in total. The van der Waals surface area contributed by atoms with E-state index in [1.54, 1.807) is 0 Å². The van der Waals surface area contributed by atoms with Crippen molar-refractivity contribution >= 4 is 24.5 Å². The van der Waals surface area contributed by atoms with Gasteiger partial charge in [0.25, 0.3) is 0 Å². The minimum Gasteiger partial charge on any atom is -0.481 e. The maximum Gasteiger partial charge on any atom is 0.315 e. The van der Waals surface area contributed by atoms with E-state index in [1.807, 2.05) is 0 Å². The SMILES string of the molecule is O=CC(C(=O)O)C(C=O)C(=O)O. The smallest absolute Gasteiger partial charge is 0.315 e. The van der Waals surface area contributed by atoms with E-state index < -0.39 is 23.8 Å². The number of carboxylic acid groups (broad SMARTS) is 2. The zero-order valence-corrected chi connectivity index (χ0v) is 5.84. The highest BCUT2D eigenvalue weighted by Crippen LogP contribution is 2.07. The largest absolute Gasteiger partial charge is 0.481 e. The lowest BCUT2D eigenvalue weighted by Gasteiger charge is -2.07. The van der Waals surface area contributed by atoms with E-state index in [1.165, 1.54) is 0 Å². The predicted molar refractivity (Wildman–Crippen MR) is 34.4 cm³/mol. The Morgan fingerprint density at radius 3 is 1.25 bits per heavy atom. The molecule has 0 aromatic heterocycles. The van der Waals surface area contributed by atoms with Crippen molar-refractivity contribution in [3.8, 4) is 0 Å². The van der Waals surface area contributed by atoms with Crippen molar-refractivity contribution in [1.82, 2.24) is 0 Å². The van der Waals surface area contributed by atoms with Crippen LogP contribution in [0.25, 0.3) is 0 Å². The van der Waals surface area contributed by atoms with Crippen LogP contribution in [0.4, 0.5) is 0 Å². The Morgan fingerprint density at radius 1 is 0.917 bits per heavy atom. The zero-order valence-electron chi connectivity index (χ0n) is 5.84. The fourth-order valence-electron chi connectivity index (χ4n) is 0.593. The number of rotatable bonds is 5. The Hall–Kier alpha value is -1.72. The van der Waals surface area contributed by atoms with Crippen molar-refractivity contribution in [3.63, 3.8) is 0 Å². The van der Waals surface area contributed by atoms with E-state index in [2.05, 4.69) is 0 Å². The van der Waals surface area contributed by atoms with Crippen LogP contribution < -0.4 is 0 Å². The fourth-order valence-corrected chi connectivity index (χ4v) is 0.593. The number of carbonyl (C=O) groups excluding carboxylic acids is 2. The van der Waals surface area contributed by atoms with Crippen molar-refractivity contribution < 1.29 is 29.4 Å². The van der Waals surface area contributed by atoms with Crippen molar-refractivity contribution in [2.24, 2.45) is 11.8 Å². The van der Waals surface area contributed by atoms with Gasteiger partial charge in [0, 0.05) is 0 Å². The molecular formula is C6H6O6. The molecule has 0 aliphatic carbocycles. The minimum atomic E-state index is -1.81. The van der Waals surface area contributed by atoms with Crippen LogP contribution in [-0.2, 0) is 19.2 Å². The molecule has 0 amide bonds. The zero-order chi connectivity index (χ0) is 9.72. The van der Waals surface area contributed by atoms with E-state index >= 15 is 0 Å². The Balaban J connectivity index is 4.66. The van der Waals surface area contributed by atoms with Crippen molar-refractivity contribution in [2.75, 3.05) is 0 Å². The van der Waals surface area contributed by atoms with Crippen LogP contribution in [-0.4, -0.2) is 34.7 Å². The van der Waals surface area contributed by atoms with Gasteiger partial charge >= 0.3 is 11.9 Å². The van der Waals surface area contributed by atoms with Gasteiger partial charge in [0.2, 0.25) is 0 Å². The third-order valence-electron chi connectivity index (χ3n) is 1.25. The average molecular weight is 174 g/mol. The summed E-state index contributed by atoms with van der Waals surface area (Å²) in [6.45, 7) is 0. The molecule has 0 rings (SSSR count). The first kappa shape index (κ1) is 10.3. The van der Waals surface area contributed by atoms with Crippen molar-refractivity contribution in [1.29, 1.82) is 0 Å². The standard InChI is InChI=1S/C6H6O6/c7-1-3(5(9)10)4(2-8)6(11)12/h1-4H,(H,9,10)(H,11,12). The maximum atomic E-state index is 10.2. The fraction of sp³-hybridized carbons (Fsp3) is 0.333. The van der Waals surface area contributed by atoms with Crippen molar-refractivity contribution in [2.45, 2.75) is 0 Å². The molecule has 0 radical (unpaired) electrons. The van der Waals surface area contributed by atoms with Gasteiger partial charge in [-0.05, 0) is 0 Å². The van der Waals surface area contributed by atoms with Gasteiger partial charge in [-0.3, -0.25) is 9.59 Å². The number of hydrogen-bond donors (Lipinski definition) is 2. The number of carboxylic acids is 2. The summed E-state index contributed by atoms with van der Waals surface area (Å²) >= 11 is 0. The molecule has 2 N–H and O–H groups in total. The van der Waals surface area contributed by atoms with Crippen LogP contribution in [0.2, 0.25) is 0 Å². The van der Waals surface area contributed by atoms with E-state index in [0.29, 0.717) is 0 Å². The summed E-state index contributed by atoms with van der Waals surface area (Å²) < 4.78 is 0. The molecule has 66 valence electrons. The molecule has 2 atom stereocenters. The summed E-state index contributed by atoms with van der Waals surface area (Å²) in [7, 11) is 0. The molecular weight excluding hydrogens is 168 g/mol. The van der Waals surface area contributed by atoms with Crippen LogP contribution in [0.5, 0.6) is 0 Å². The number of hydrogen-bond acceptors (Lipinski definition) is 4. The first-order chi connectivity index (χ1) is 5.54. The molecule has 0 fully saturated rings. The van der Waals surface area contributed by atoms with Gasteiger partial charge in [-0.2, -0.15) is 0 Å². The second-order valence-corrected chi connectivity index (χ2v) is 2.00. The monoisotopic (exact) mass is 174 g/mol. The summed E-state index contributed by atoms with van der Waals surface area (Å²) in [6, 6.07) is 0. The molecule has 0 aromatic rings. The Kier molecular flexibility index (Phi) is 3.61. The lowest BCUT2D eigenvalue weighted by Crippen LogP contribution is -2.31. The van der Waals surface area contributed by atoms with Crippen LogP contribution in [0, 0.1) is 11.8 Å². The summed E-state index contributed by atoms with van der Waals surface area (Å²) in [4.78, 5) is 40.5. The molecule has 0 aromatic carbocycles. The van der Waals surface area contributed by atoms with Crippen LogP contribution in [0.3, 0.4) is 0 Å². The third kappa shape index (κ3) is 2.15. The Labute approximate surface area is 66.8 Å². The number of aldehydes is 2. The minimum absolute atomic E-state index is 0.0739. The van der Waals surface area contributed by atoms with Gasteiger partial charge in [0.05, 0.1) is 0 Å². The van der Waals surface area contributed by atoms with Crippen LogP contribution in [0.1, 0.15) is 0 Å². The second-order valence-electron chi connectivity index (χ2n) is 2.00. The highest BCUT2D eigenvalue weighted by molar-refractivity contribution is 5.99. The van der Waals surface area contributed by atoms with Gasteiger partial charge in [0.1, 0.15) is 24.4 Å². The van der Waals surface area contributed by atoms with Gasteiger partial charge < -0.3 is 19.8 Å². The van der Waals surface area contributed by atoms with Crippen LogP contribution in [0.15, 0.2) is 0 Å². The normalized spacial score (nSPS) is 14.3.